The number of primary amides is 1. The molecular formula is C7H14N6OS. The summed E-state index contributed by atoms with van der Waals surface area (Å²) in [6.07, 6.45) is 0.656. The summed E-state index contributed by atoms with van der Waals surface area (Å²) in [5.41, 5.74) is 5.18. The highest BCUT2D eigenvalue weighted by atomic mass is 32.2. The molecule has 0 aliphatic heterocycles. The topological polar surface area (TPSA) is 98.7 Å². The van der Waals surface area contributed by atoms with Crippen molar-refractivity contribution in [2.45, 2.75) is 17.6 Å². The maximum atomic E-state index is 10.9. The van der Waals surface area contributed by atoms with Gasteiger partial charge in [-0.05, 0) is 23.9 Å². The normalized spacial score (nSPS) is 12.7. The van der Waals surface area contributed by atoms with Gasteiger partial charge in [-0.2, -0.15) is 0 Å². The Morgan fingerprint density at radius 3 is 2.93 bits per heavy atom. The first-order chi connectivity index (χ1) is 7.15. The summed E-state index contributed by atoms with van der Waals surface area (Å²) in [6, 6.07) is -0.293. The molecule has 0 aliphatic carbocycles. The molecule has 0 spiro atoms. The lowest BCUT2D eigenvalue weighted by molar-refractivity contribution is -0.119. The minimum Gasteiger partial charge on any atom is -0.368 e. The van der Waals surface area contributed by atoms with Crippen LogP contribution in [-0.4, -0.2) is 45.0 Å². The van der Waals surface area contributed by atoms with E-state index in [1.165, 1.54) is 11.8 Å². The second-order valence-electron chi connectivity index (χ2n) is 2.97. The van der Waals surface area contributed by atoms with Crippen molar-refractivity contribution in [2.24, 2.45) is 12.8 Å². The van der Waals surface area contributed by atoms with Crippen molar-refractivity contribution in [1.29, 1.82) is 0 Å². The van der Waals surface area contributed by atoms with E-state index in [-0.39, 0.29) is 11.9 Å². The van der Waals surface area contributed by atoms with E-state index in [1.807, 2.05) is 0 Å². The molecule has 84 valence electrons. The van der Waals surface area contributed by atoms with Crippen molar-refractivity contribution in [3.63, 3.8) is 0 Å². The number of thioether (sulfide) groups is 1. The van der Waals surface area contributed by atoms with Gasteiger partial charge in [0.05, 0.1) is 6.04 Å². The van der Waals surface area contributed by atoms with Crippen molar-refractivity contribution < 1.29 is 4.79 Å². The van der Waals surface area contributed by atoms with Crippen molar-refractivity contribution >= 4 is 17.7 Å². The van der Waals surface area contributed by atoms with Gasteiger partial charge in [0.15, 0.2) is 0 Å². The fourth-order valence-corrected chi connectivity index (χ4v) is 1.89. The van der Waals surface area contributed by atoms with Gasteiger partial charge in [-0.1, -0.05) is 11.8 Å². The minimum absolute atomic E-state index is 0.293. The molecule has 0 radical (unpaired) electrons. The number of nitrogens with zero attached hydrogens (tertiary/aromatic N) is 4. The van der Waals surface area contributed by atoms with Crippen LogP contribution in [0.5, 0.6) is 0 Å². The molecule has 1 unspecified atom stereocenters. The number of hydrogen-bond acceptors (Lipinski definition) is 6. The first-order valence-corrected chi connectivity index (χ1v) is 5.45. The lowest BCUT2D eigenvalue weighted by atomic mass is 10.2. The molecule has 0 fully saturated rings. The van der Waals surface area contributed by atoms with Crippen molar-refractivity contribution in [3.05, 3.63) is 0 Å². The zero-order valence-corrected chi connectivity index (χ0v) is 9.49. The van der Waals surface area contributed by atoms with Crippen LogP contribution in [0.25, 0.3) is 0 Å². The van der Waals surface area contributed by atoms with Gasteiger partial charge in [0.1, 0.15) is 0 Å². The molecular weight excluding hydrogens is 216 g/mol. The molecule has 7 nitrogen and oxygen atoms in total. The van der Waals surface area contributed by atoms with Crippen LogP contribution in [0.3, 0.4) is 0 Å². The summed E-state index contributed by atoms with van der Waals surface area (Å²) in [4.78, 5) is 10.9. The van der Waals surface area contributed by atoms with Crippen molar-refractivity contribution in [2.75, 3.05) is 12.8 Å². The Labute approximate surface area is 91.8 Å². The molecule has 1 aromatic heterocycles. The highest BCUT2D eigenvalue weighted by Gasteiger charge is 2.12. The third kappa shape index (κ3) is 3.48. The average Bonchev–Trinajstić information content (AvgIpc) is 2.58. The lowest BCUT2D eigenvalue weighted by Crippen LogP contribution is -2.39. The van der Waals surface area contributed by atoms with E-state index in [2.05, 4.69) is 20.8 Å². The summed E-state index contributed by atoms with van der Waals surface area (Å²) in [5.74, 6) is 0.400. The molecule has 8 heteroatoms. The van der Waals surface area contributed by atoms with Crippen LogP contribution in [0.15, 0.2) is 5.16 Å². The summed E-state index contributed by atoms with van der Waals surface area (Å²) >= 11 is 1.49. The third-order valence-electron chi connectivity index (χ3n) is 1.91. The number of aryl methyl sites for hydroxylation is 1. The predicted octanol–water partition coefficient (Wildman–Crippen LogP) is -1.23. The van der Waals surface area contributed by atoms with E-state index in [0.717, 1.165) is 10.9 Å². The standard InChI is InChI=1S/C7H14N6OS/c1-9-5(6(8)14)3-4-15-7-10-11-12-13(7)2/h5,9H,3-4H2,1-2H3,(H2,8,14). The maximum Gasteiger partial charge on any atom is 0.234 e. The Morgan fingerprint density at radius 1 is 1.73 bits per heavy atom. The van der Waals surface area contributed by atoms with Crippen LogP contribution in [0.2, 0.25) is 0 Å². The number of likely N-dealkylation sites (N-methyl/N-ethyl adjacent to an activating group) is 1. The minimum atomic E-state index is -0.339. The number of nitrogens with two attached hydrogens (primary N) is 1. The Bertz CT molecular complexity index is 327. The first kappa shape index (κ1) is 11.9. The van der Waals surface area contributed by atoms with Gasteiger partial charge in [0.25, 0.3) is 0 Å². The molecule has 15 heavy (non-hydrogen) atoms. The average molecular weight is 230 g/mol. The number of nitrogens with one attached hydrogen (secondary N) is 1. The molecule has 0 saturated heterocycles. The molecule has 1 atom stereocenters. The fraction of sp³-hybridized carbons (Fsp3) is 0.714. The summed E-state index contributed by atoms with van der Waals surface area (Å²) < 4.78 is 1.59. The molecule has 0 bridgehead atoms. The van der Waals surface area contributed by atoms with Gasteiger partial charge >= 0.3 is 0 Å². The Balaban J connectivity index is 2.33. The Kier molecular flexibility index (Phi) is 4.50. The smallest absolute Gasteiger partial charge is 0.234 e. The Morgan fingerprint density at radius 2 is 2.47 bits per heavy atom. The van der Waals surface area contributed by atoms with Gasteiger partial charge < -0.3 is 11.1 Å². The molecule has 0 saturated carbocycles. The molecule has 1 amide bonds. The molecule has 0 aromatic carbocycles. The van der Waals surface area contributed by atoms with Crippen LogP contribution >= 0.6 is 11.8 Å². The number of rotatable bonds is 6. The zero-order chi connectivity index (χ0) is 11.3. The molecule has 1 aromatic rings. The third-order valence-corrected chi connectivity index (χ3v) is 2.95. The maximum absolute atomic E-state index is 10.9. The van der Waals surface area contributed by atoms with E-state index in [4.69, 9.17) is 5.73 Å². The van der Waals surface area contributed by atoms with E-state index >= 15 is 0 Å². The number of amides is 1. The fourth-order valence-electron chi connectivity index (χ4n) is 1.04. The number of carbonyl (C=O) groups is 1. The lowest BCUT2D eigenvalue weighted by Gasteiger charge is -2.10. The number of carbonyl (C=O) groups excluding carboxylic acids is 1. The summed E-state index contributed by atoms with van der Waals surface area (Å²) in [5, 5.41) is 14.6. The monoisotopic (exact) mass is 230 g/mol. The van der Waals surface area contributed by atoms with Gasteiger partial charge in [-0.25, -0.2) is 4.68 Å². The van der Waals surface area contributed by atoms with Crippen LogP contribution < -0.4 is 11.1 Å². The highest BCUT2D eigenvalue weighted by molar-refractivity contribution is 7.99. The molecule has 1 heterocycles. The van der Waals surface area contributed by atoms with E-state index in [1.54, 1.807) is 18.8 Å². The van der Waals surface area contributed by atoms with Gasteiger partial charge in [-0.15, -0.1) is 5.10 Å². The van der Waals surface area contributed by atoms with Crippen LogP contribution in [0.1, 0.15) is 6.42 Å². The number of hydrogen-bond donors (Lipinski definition) is 2. The van der Waals surface area contributed by atoms with E-state index < -0.39 is 0 Å². The van der Waals surface area contributed by atoms with E-state index in [9.17, 15) is 4.79 Å². The van der Waals surface area contributed by atoms with Crippen LogP contribution in [0.4, 0.5) is 0 Å². The highest BCUT2D eigenvalue weighted by Crippen LogP contribution is 2.14. The second kappa shape index (κ2) is 5.66. The summed E-state index contributed by atoms with van der Waals surface area (Å²) in [7, 11) is 3.48. The number of aromatic nitrogens is 4. The SMILES string of the molecule is CNC(CCSc1nnnn1C)C(N)=O. The van der Waals surface area contributed by atoms with E-state index in [0.29, 0.717) is 6.42 Å². The molecule has 3 N–H and O–H groups in total. The predicted molar refractivity (Wildman–Crippen MR) is 56.2 cm³/mol. The molecule has 1 rings (SSSR count). The van der Waals surface area contributed by atoms with Crippen LogP contribution in [0, 0.1) is 0 Å². The molecule has 0 aliphatic rings. The van der Waals surface area contributed by atoms with Gasteiger partial charge in [0.2, 0.25) is 11.1 Å². The van der Waals surface area contributed by atoms with Crippen molar-refractivity contribution in [1.82, 2.24) is 25.5 Å². The second-order valence-corrected chi connectivity index (χ2v) is 4.03. The zero-order valence-electron chi connectivity index (χ0n) is 8.67. The first-order valence-electron chi connectivity index (χ1n) is 4.47. The quantitative estimate of drug-likeness (QED) is 0.593. The summed E-state index contributed by atoms with van der Waals surface area (Å²) in [6.45, 7) is 0. The number of tetrazole rings is 1. The Hall–Kier alpha value is -1.15. The largest absolute Gasteiger partial charge is 0.368 e. The van der Waals surface area contributed by atoms with Crippen molar-refractivity contribution in [3.8, 4) is 0 Å². The van der Waals surface area contributed by atoms with Gasteiger partial charge in [0, 0.05) is 12.8 Å². The van der Waals surface area contributed by atoms with Gasteiger partial charge in [-0.3, -0.25) is 4.79 Å². The van der Waals surface area contributed by atoms with Crippen LogP contribution in [-0.2, 0) is 11.8 Å².